The summed E-state index contributed by atoms with van der Waals surface area (Å²) < 4.78 is 0. The summed E-state index contributed by atoms with van der Waals surface area (Å²) in [6.07, 6.45) is 4.96. The molecule has 21 heavy (non-hydrogen) atoms. The fraction of sp³-hybridized carbons (Fsp3) is 0.625. The maximum absolute atomic E-state index is 4.75. The van der Waals surface area contributed by atoms with Gasteiger partial charge in [0, 0.05) is 25.0 Å². The second-order valence-electron chi connectivity index (χ2n) is 5.80. The van der Waals surface area contributed by atoms with Gasteiger partial charge in [0.25, 0.3) is 0 Å². The van der Waals surface area contributed by atoms with E-state index in [0.29, 0.717) is 0 Å². The van der Waals surface area contributed by atoms with Crippen molar-refractivity contribution in [2.75, 3.05) is 30.4 Å². The molecular weight excluding hydrogens is 280 g/mol. The third-order valence-corrected chi connectivity index (χ3v) is 5.45. The normalized spacial score (nSPS) is 18.6. The van der Waals surface area contributed by atoms with Gasteiger partial charge in [0.2, 0.25) is 5.95 Å². The summed E-state index contributed by atoms with van der Waals surface area (Å²) in [6.45, 7) is 6.73. The van der Waals surface area contributed by atoms with Gasteiger partial charge in [0.05, 0.1) is 5.39 Å². The SMILES string of the molecule is CCCC1CCN(c2nc(NC)nc3sc(CC)cc23)C1. The van der Waals surface area contributed by atoms with Crippen LogP contribution in [0.1, 0.15) is 38.0 Å². The van der Waals surface area contributed by atoms with Crippen LogP contribution in [0.3, 0.4) is 0 Å². The number of hydrogen-bond acceptors (Lipinski definition) is 5. The van der Waals surface area contributed by atoms with Gasteiger partial charge >= 0.3 is 0 Å². The molecule has 1 aliphatic rings. The number of rotatable bonds is 5. The Morgan fingerprint density at radius 3 is 2.95 bits per heavy atom. The Balaban J connectivity index is 1.98. The molecule has 114 valence electrons. The molecule has 1 saturated heterocycles. The molecule has 3 heterocycles. The Bertz CT molecular complexity index is 622. The topological polar surface area (TPSA) is 41.1 Å². The molecule has 0 aromatic carbocycles. The van der Waals surface area contributed by atoms with E-state index in [1.165, 1.54) is 29.5 Å². The molecule has 1 aliphatic heterocycles. The number of aromatic nitrogens is 2. The molecule has 1 unspecified atom stereocenters. The minimum Gasteiger partial charge on any atom is -0.357 e. The predicted molar refractivity (Wildman–Crippen MR) is 91.6 cm³/mol. The first-order valence-electron chi connectivity index (χ1n) is 7.98. The molecule has 0 radical (unpaired) electrons. The minimum absolute atomic E-state index is 0.737. The van der Waals surface area contributed by atoms with Crippen LogP contribution >= 0.6 is 11.3 Å². The number of aryl methyl sites for hydroxylation is 1. The maximum Gasteiger partial charge on any atom is 0.225 e. The molecule has 0 saturated carbocycles. The summed E-state index contributed by atoms with van der Waals surface area (Å²) in [7, 11) is 1.89. The van der Waals surface area contributed by atoms with E-state index in [4.69, 9.17) is 4.98 Å². The zero-order valence-corrected chi connectivity index (χ0v) is 14.0. The quantitative estimate of drug-likeness (QED) is 0.909. The van der Waals surface area contributed by atoms with Gasteiger partial charge in [-0.05, 0) is 31.2 Å². The van der Waals surface area contributed by atoms with Gasteiger partial charge in [-0.2, -0.15) is 4.98 Å². The largest absolute Gasteiger partial charge is 0.357 e. The summed E-state index contributed by atoms with van der Waals surface area (Å²) >= 11 is 1.79. The van der Waals surface area contributed by atoms with Crippen molar-refractivity contribution >= 4 is 33.3 Å². The maximum atomic E-state index is 4.75. The summed E-state index contributed by atoms with van der Waals surface area (Å²) in [5.41, 5.74) is 0. The van der Waals surface area contributed by atoms with E-state index in [1.54, 1.807) is 11.3 Å². The number of nitrogens with zero attached hydrogens (tertiary/aromatic N) is 3. The van der Waals surface area contributed by atoms with Crippen LogP contribution in [-0.2, 0) is 6.42 Å². The lowest BCUT2D eigenvalue weighted by Gasteiger charge is -2.19. The number of nitrogens with one attached hydrogen (secondary N) is 1. The number of hydrogen-bond donors (Lipinski definition) is 1. The highest BCUT2D eigenvalue weighted by atomic mass is 32.1. The molecule has 4 nitrogen and oxygen atoms in total. The lowest BCUT2D eigenvalue weighted by Crippen LogP contribution is -2.21. The third-order valence-electron chi connectivity index (χ3n) is 4.28. The molecule has 0 amide bonds. The Morgan fingerprint density at radius 2 is 2.24 bits per heavy atom. The van der Waals surface area contributed by atoms with Gasteiger partial charge in [0.1, 0.15) is 10.6 Å². The molecule has 1 atom stereocenters. The van der Waals surface area contributed by atoms with Crippen LogP contribution < -0.4 is 10.2 Å². The summed E-state index contributed by atoms with van der Waals surface area (Å²) in [4.78, 5) is 14.3. The van der Waals surface area contributed by atoms with Gasteiger partial charge in [-0.15, -0.1) is 11.3 Å². The fourth-order valence-corrected chi connectivity index (χ4v) is 4.11. The van der Waals surface area contributed by atoms with Crippen molar-refractivity contribution in [1.82, 2.24) is 9.97 Å². The molecular formula is C16H24N4S. The van der Waals surface area contributed by atoms with Crippen LogP contribution in [0.15, 0.2) is 6.07 Å². The standard InChI is InChI=1S/C16H24N4S/c1-4-6-11-7-8-20(10-11)14-13-9-12(5-2)21-15(13)19-16(17-3)18-14/h9,11H,4-8,10H2,1-3H3,(H,17,18,19). The van der Waals surface area contributed by atoms with Gasteiger partial charge < -0.3 is 10.2 Å². The predicted octanol–water partition coefficient (Wildman–Crippen LogP) is 3.92. The molecule has 5 heteroatoms. The Labute approximate surface area is 130 Å². The van der Waals surface area contributed by atoms with Crippen LogP contribution in [0.25, 0.3) is 10.2 Å². The monoisotopic (exact) mass is 304 g/mol. The van der Waals surface area contributed by atoms with Gasteiger partial charge in [-0.3, -0.25) is 0 Å². The number of thiophene rings is 1. The van der Waals surface area contributed by atoms with Crippen molar-refractivity contribution in [2.24, 2.45) is 5.92 Å². The summed E-state index contributed by atoms with van der Waals surface area (Å²) in [5, 5.41) is 4.33. The van der Waals surface area contributed by atoms with E-state index in [9.17, 15) is 0 Å². The van der Waals surface area contributed by atoms with Gasteiger partial charge in [-0.1, -0.05) is 20.3 Å². The van der Waals surface area contributed by atoms with E-state index in [1.807, 2.05) is 7.05 Å². The van der Waals surface area contributed by atoms with Crippen LogP contribution in [0.5, 0.6) is 0 Å². The zero-order chi connectivity index (χ0) is 14.8. The van der Waals surface area contributed by atoms with Crippen molar-refractivity contribution in [1.29, 1.82) is 0 Å². The Kier molecular flexibility index (Phi) is 4.29. The van der Waals surface area contributed by atoms with E-state index in [-0.39, 0.29) is 0 Å². The van der Waals surface area contributed by atoms with Crippen molar-refractivity contribution in [3.63, 3.8) is 0 Å². The van der Waals surface area contributed by atoms with E-state index >= 15 is 0 Å². The summed E-state index contributed by atoms with van der Waals surface area (Å²) in [6, 6.07) is 2.28. The molecule has 1 fully saturated rings. The highest BCUT2D eigenvalue weighted by Gasteiger charge is 2.25. The first-order valence-corrected chi connectivity index (χ1v) is 8.80. The Hall–Kier alpha value is -1.36. The molecule has 3 rings (SSSR count). The second-order valence-corrected chi connectivity index (χ2v) is 6.91. The van der Waals surface area contributed by atoms with Crippen molar-refractivity contribution < 1.29 is 0 Å². The van der Waals surface area contributed by atoms with Gasteiger partial charge in [-0.25, -0.2) is 4.98 Å². The van der Waals surface area contributed by atoms with Crippen LogP contribution in [-0.4, -0.2) is 30.1 Å². The van der Waals surface area contributed by atoms with Crippen LogP contribution in [0.2, 0.25) is 0 Å². The fourth-order valence-electron chi connectivity index (χ4n) is 3.15. The average molecular weight is 304 g/mol. The number of fused-ring (bicyclic) bond motifs is 1. The zero-order valence-electron chi connectivity index (χ0n) is 13.1. The molecule has 2 aromatic heterocycles. The lowest BCUT2D eigenvalue weighted by molar-refractivity contribution is 0.529. The lowest BCUT2D eigenvalue weighted by atomic mass is 10.0. The molecule has 1 N–H and O–H groups in total. The van der Waals surface area contributed by atoms with E-state index < -0.39 is 0 Å². The highest BCUT2D eigenvalue weighted by Crippen LogP contribution is 2.35. The number of anilines is 2. The van der Waals surface area contributed by atoms with Crippen molar-refractivity contribution in [3.8, 4) is 0 Å². The second kappa shape index (κ2) is 6.18. The van der Waals surface area contributed by atoms with Crippen molar-refractivity contribution in [3.05, 3.63) is 10.9 Å². The molecule has 2 aromatic rings. The highest BCUT2D eigenvalue weighted by molar-refractivity contribution is 7.18. The Morgan fingerprint density at radius 1 is 1.38 bits per heavy atom. The van der Waals surface area contributed by atoms with Crippen LogP contribution in [0, 0.1) is 5.92 Å². The first-order chi connectivity index (χ1) is 10.2. The average Bonchev–Trinajstić information content (AvgIpc) is 3.12. The van der Waals surface area contributed by atoms with Crippen molar-refractivity contribution in [2.45, 2.75) is 39.5 Å². The molecule has 0 bridgehead atoms. The smallest absolute Gasteiger partial charge is 0.225 e. The summed E-state index contributed by atoms with van der Waals surface area (Å²) in [5.74, 6) is 2.68. The molecule has 0 spiro atoms. The minimum atomic E-state index is 0.737. The molecule has 0 aliphatic carbocycles. The van der Waals surface area contributed by atoms with E-state index in [0.717, 1.165) is 42.0 Å². The van der Waals surface area contributed by atoms with E-state index in [2.05, 4.69) is 35.1 Å². The third kappa shape index (κ3) is 2.84. The van der Waals surface area contributed by atoms with Crippen LogP contribution in [0.4, 0.5) is 11.8 Å². The first kappa shape index (κ1) is 14.6. The van der Waals surface area contributed by atoms with Gasteiger partial charge in [0.15, 0.2) is 0 Å².